The summed E-state index contributed by atoms with van der Waals surface area (Å²) in [4.78, 5) is 27.4. The van der Waals surface area contributed by atoms with Crippen molar-refractivity contribution in [2.24, 2.45) is 10.2 Å². The fourth-order valence-electron chi connectivity index (χ4n) is 2.96. The molecule has 0 bridgehead atoms. The molecule has 1 atom stereocenters. The molecule has 4 rings (SSSR count). The first-order valence-corrected chi connectivity index (χ1v) is 9.94. The first-order chi connectivity index (χ1) is 14.1. The number of hydrogen-bond donors (Lipinski definition) is 1. The molecule has 7 heteroatoms. The molecule has 1 saturated heterocycles. The predicted octanol–water partition coefficient (Wildman–Crippen LogP) is 5.11. The van der Waals surface area contributed by atoms with Gasteiger partial charge in [-0.1, -0.05) is 18.2 Å². The lowest BCUT2D eigenvalue weighted by Gasteiger charge is -2.15. The molecule has 29 heavy (non-hydrogen) atoms. The number of imide groups is 1. The normalized spacial score (nSPS) is 16.7. The number of azo groups is 1. The van der Waals surface area contributed by atoms with Crippen molar-refractivity contribution in [3.05, 3.63) is 78.9 Å². The molecule has 2 amide bonds. The van der Waals surface area contributed by atoms with Gasteiger partial charge in [0.15, 0.2) is 0 Å². The summed E-state index contributed by atoms with van der Waals surface area (Å²) in [6.07, 6.45) is 0.170. The number of rotatable bonds is 5. The lowest BCUT2D eigenvalue weighted by Crippen LogP contribution is -2.30. The largest absolute Gasteiger partial charge is 0.399 e. The molecule has 0 radical (unpaired) electrons. The Kier molecular flexibility index (Phi) is 5.39. The number of amides is 2. The zero-order valence-corrected chi connectivity index (χ0v) is 16.3. The third-order valence-electron chi connectivity index (χ3n) is 4.41. The van der Waals surface area contributed by atoms with Gasteiger partial charge in [0.2, 0.25) is 11.8 Å². The Balaban J connectivity index is 1.46. The molecular weight excluding hydrogens is 384 g/mol. The molecule has 0 aromatic heterocycles. The van der Waals surface area contributed by atoms with Crippen LogP contribution in [0.2, 0.25) is 0 Å². The zero-order chi connectivity index (χ0) is 20.2. The number of benzene rings is 3. The minimum absolute atomic E-state index is 0.170. The van der Waals surface area contributed by atoms with E-state index in [1.807, 2.05) is 42.5 Å². The third kappa shape index (κ3) is 4.35. The third-order valence-corrected chi connectivity index (χ3v) is 5.61. The lowest BCUT2D eigenvalue weighted by atomic mass is 10.2. The van der Waals surface area contributed by atoms with Crippen molar-refractivity contribution in [3.63, 3.8) is 0 Å². The van der Waals surface area contributed by atoms with Gasteiger partial charge < -0.3 is 5.73 Å². The number of carbonyl (C=O) groups is 2. The molecule has 6 nitrogen and oxygen atoms in total. The monoisotopic (exact) mass is 402 g/mol. The van der Waals surface area contributed by atoms with Gasteiger partial charge in [0.05, 0.1) is 22.3 Å². The molecule has 0 unspecified atom stereocenters. The minimum Gasteiger partial charge on any atom is -0.399 e. The molecule has 0 aliphatic carbocycles. The van der Waals surface area contributed by atoms with Gasteiger partial charge >= 0.3 is 0 Å². The molecule has 0 spiro atoms. The summed E-state index contributed by atoms with van der Waals surface area (Å²) in [6.45, 7) is 0. The Hall–Kier alpha value is -3.45. The summed E-state index contributed by atoms with van der Waals surface area (Å²) >= 11 is 1.38. The van der Waals surface area contributed by atoms with E-state index in [2.05, 4.69) is 10.2 Å². The molecule has 1 aliphatic heterocycles. The molecule has 144 valence electrons. The first-order valence-electron chi connectivity index (χ1n) is 9.06. The number of hydrogen-bond acceptors (Lipinski definition) is 6. The highest BCUT2D eigenvalue weighted by atomic mass is 32.2. The quantitative estimate of drug-likeness (QED) is 0.365. The van der Waals surface area contributed by atoms with Crippen molar-refractivity contribution in [2.45, 2.75) is 16.6 Å². The molecule has 1 aliphatic rings. The Morgan fingerprint density at radius 3 is 2.10 bits per heavy atom. The summed E-state index contributed by atoms with van der Waals surface area (Å²) in [5, 5.41) is 7.91. The van der Waals surface area contributed by atoms with Crippen molar-refractivity contribution >= 4 is 46.3 Å². The van der Waals surface area contributed by atoms with Crippen molar-refractivity contribution in [1.82, 2.24) is 0 Å². The second-order valence-electron chi connectivity index (χ2n) is 6.50. The summed E-state index contributed by atoms with van der Waals surface area (Å²) in [6, 6.07) is 23.6. The molecule has 2 N–H and O–H groups in total. The number of anilines is 2. The van der Waals surface area contributed by atoms with Gasteiger partial charge in [-0.25, -0.2) is 4.90 Å². The van der Waals surface area contributed by atoms with Crippen LogP contribution in [0.5, 0.6) is 0 Å². The lowest BCUT2D eigenvalue weighted by molar-refractivity contribution is -0.121. The highest BCUT2D eigenvalue weighted by Crippen LogP contribution is 2.34. The van der Waals surface area contributed by atoms with Gasteiger partial charge in [0.1, 0.15) is 0 Å². The molecule has 3 aromatic carbocycles. The summed E-state index contributed by atoms with van der Waals surface area (Å²) in [5.41, 5.74) is 8.30. The predicted molar refractivity (Wildman–Crippen MR) is 115 cm³/mol. The second-order valence-corrected chi connectivity index (χ2v) is 7.78. The summed E-state index contributed by atoms with van der Waals surface area (Å²) in [5.74, 6) is -0.419. The maximum absolute atomic E-state index is 12.8. The minimum atomic E-state index is -0.441. The average Bonchev–Trinajstić information content (AvgIpc) is 3.02. The number of nitrogens with zero attached hydrogens (tertiary/aromatic N) is 3. The van der Waals surface area contributed by atoms with E-state index in [-0.39, 0.29) is 18.2 Å². The Bertz CT molecular complexity index is 1050. The second kappa shape index (κ2) is 8.28. The van der Waals surface area contributed by atoms with Crippen LogP contribution in [0.15, 0.2) is 94.0 Å². The Morgan fingerprint density at radius 1 is 0.828 bits per heavy atom. The fourth-order valence-corrected chi connectivity index (χ4v) is 4.01. The summed E-state index contributed by atoms with van der Waals surface area (Å²) in [7, 11) is 0. The maximum atomic E-state index is 12.8. The fraction of sp³-hybridized carbons (Fsp3) is 0.0909. The molecule has 3 aromatic rings. The van der Waals surface area contributed by atoms with Gasteiger partial charge in [-0.05, 0) is 60.7 Å². The van der Waals surface area contributed by atoms with E-state index in [4.69, 9.17) is 5.73 Å². The Morgan fingerprint density at radius 2 is 1.45 bits per heavy atom. The van der Waals surface area contributed by atoms with Gasteiger partial charge in [0.25, 0.3) is 0 Å². The number of carbonyl (C=O) groups excluding carboxylic acids is 2. The number of nitrogens with two attached hydrogens (primary N) is 1. The van der Waals surface area contributed by atoms with Crippen LogP contribution < -0.4 is 10.6 Å². The van der Waals surface area contributed by atoms with Gasteiger partial charge in [-0.2, -0.15) is 10.2 Å². The maximum Gasteiger partial charge on any atom is 0.247 e. The van der Waals surface area contributed by atoms with Crippen LogP contribution >= 0.6 is 11.8 Å². The number of thioether (sulfide) groups is 1. The van der Waals surface area contributed by atoms with E-state index in [0.717, 1.165) is 10.6 Å². The van der Waals surface area contributed by atoms with E-state index in [9.17, 15) is 9.59 Å². The molecule has 1 fully saturated rings. The van der Waals surface area contributed by atoms with Gasteiger partial charge in [-0.15, -0.1) is 11.8 Å². The van der Waals surface area contributed by atoms with Crippen LogP contribution in [-0.4, -0.2) is 17.1 Å². The van der Waals surface area contributed by atoms with Crippen molar-refractivity contribution in [3.8, 4) is 0 Å². The van der Waals surface area contributed by atoms with E-state index in [1.54, 1.807) is 36.4 Å². The van der Waals surface area contributed by atoms with E-state index < -0.39 is 5.25 Å². The van der Waals surface area contributed by atoms with Crippen molar-refractivity contribution in [2.75, 3.05) is 10.6 Å². The van der Waals surface area contributed by atoms with Crippen LogP contribution in [0.3, 0.4) is 0 Å². The van der Waals surface area contributed by atoms with Crippen LogP contribution in [0.1, 0.15) is 6.42 Å². The zero-order valence-electron chi connectivity index (χ0n) is 15.4. The van der Waals surface area contributed by atoms with E-state index >= 15 is 0 Å². The molecular formula is C22H18N4O2S. The number of nitrogen functional groups attached to an aromatic ring is 1. The van der Waals surface area contributed by atoms with Crippen molar-refractivity contribution < 1.29 is 9.59 Å². The highest BCUT2D eigenvalue weighted by molar-refractivity contribution is 8.00. The van der Waals surface area contributed by atoms with Gasteiger partial charge in [-0.3, -0.25) is 9.59 Å². The van der Waals surface area contributed by atoms with Crippen LogP contribution in [0.4, 0.5) is 22.7 Å². The first kappa shape index (κ1) is 18.9. The van der Waals surface area contributed by atoms with Crippen LogP contribution in [0.25, 0.3) is 0 Å². The Labute approximate surface area is 172 Å². The van der Waals surface area contributed by atoms with E-state index in [1.165, 1.54) is 16.7 Å². The average molecular weight is 402 g/mol. The molecule has 1 heterocycles. The highest BCUT2D eigenvalue weighted by Gasteiger charge is 2.40. The summed E-state index contributed by atoms with van der Waals surface area (Å²) < 4.78 is 0. The topological polar surface area (TPSA) is 88.1 Å². The standard InChI is InChI=1S/C22H18N4O2S/c23-15-6-12-19(13-7-15)29-20-14-21(27)26(22(20)28)18-10-8-17(9-11-18)25-24-16-4-2-1-3-5-16/h1-13,20H,14,23H2/t20-/m1/s1. The van der Waals surface area contributed by atoms with Gasteiger partial charge in [0, 0.05) is 17.0 Å². The SMILES string of the molecule is Nc1ccc(S[C@@H]2CC(=O)N(c3ccc(N=Nc4ccccc4)cc3)C2=O)cc1. The van der Waals surface area contributed by atoms with E-state index in [0.29, 0.717) is 17.1 Å². The van der Waals surface area contributed by atoms with Crippen molar-refractivity contribution in [1.29, 1.82) is 0 Å². The smallest absolute Gasteiger partial charge is 0.247 e. The van der Waals surface area contributed by atoms with Crippen LogP contribution in [-0.2, 0) is 9.59 Å². The molecule has 0 saturated carbocycles. The van der Waals surface area contributed by atoms with Crippen LogP contribution in [0, 0.1) is 0 Å².